The van der Waals surface area contributed by atoms with Gasteiger partial charge in [-0.05, 0) is 30.7 Å². The summed E-state index contributed by atoms with van der Waals surface area (Å²) < 4.78 is 36.9. The Labute approximate surface area is 166 Å². The lowest BCUT2D eigenvalue weighted by atomic mass is 10.3. The van der Waals surface area contributed by atoms with Crippen molar-refractivity contribution in [1.29, 1.82) is 0 Å². The van der Waals surface area contributed by atoms with Crippen LogP contribution >= 0.6 is 11.7 Å². The second-order valence-electron chi connectivity index (χ2n) is 6.18. The van der Waals surface area contributed by atoms with Gasteiger partial charge in [0.25, 0.3) is 10.0 Å². The van der Waals surface area contributed by atoms with E-state index in [1.807, 2.05) is 18.2 Å². The SMILES string of the molecule is CCCCNc1nc2ccccc2nc1NS(=O)(=O)c1cccc2nsnc12. The number of aromatic nitrogens is 4. The minimum Gasteiger partial charge on any atom is -0.367 e. The average molecular weight is 415 g/mol. The van der Waals surface area contributed by atoms with E-state index in [0.717, 1.165) is 24.6 Å². The molecule has 0 fully saturated rings. The topological polar surface area (TPSA) is 110 Å². The Bertz CT molecular complexity index is 1240. The van der Waals surface area contributed by atoms with Crippen LogP contribution < -0.4 is 10.0 Å². The van der Waals surface area contributed by atoms with Gasteiger partial charge in [-0.2, -0.15) is 8.75 Å². The van der Waals surface area contributed by atoms with Crippen LogP contribution in [0.4, 0.5) is 11.6 Å². The van der Waals surface area contributed by atoms with Crippen LogP contribution in [0.2, 0.25) is 0 Å². The maximum atomic E-state index is 13.1. The van der Waals surface area contributed by atoms with E-state index >= 15 is 0 Å². The van der Waals surface area contributed by atoms with Crippen LogP contribution in [0.5, 0.6) is 0 Å². The highest BCUT2D eigenvalue weighted by molar-refractivity contribution is 7.93. The molecule has 0 saturated carbocycles. The van der Waals surface area contributed by atoms with Crippen LogP contribution in [0.25, 0.3) is 22.1 Å². The van der Waals surface area contributed by atoms with Gasteiger partial charge in [0.2, 0.25) is 0 Å². The van der Waals surface area contributed by atoms with E-state index in [4.69, 9.17) is 0 Å². The Morgan fingerprint density at radius 2 is 1.64 bits per heavy atom. The number of sulfonamides is 1. The summed E-state index contributed by atoms with van der Waals surface area (Å²) in [5, 5.41) is 3.19. The Balaban J connectivity index is 1.76. The molecule has 8 nitrogen and oxygen atoms in total. The number of benzene rings is 2. The molecule has 0 radical (unpaired) electrons. The number of nitrogens with one attached hydrogen (secondary N) is 2. The molecule has 10 heteroatoms. The summed E-state index contributed by atoms with van der Waals surface area (Å²) in [5.41, 5.74) is 2.18. The average Bonchev–Trinajstić information content (AvgIpc) is 3.17. The predicted octanol–water partition coefficient (Wildman–Crippen LogP) is 3.65. The third-order valence-corrected chi connectivity index (χ3v) is 6.08. The molecule has 2 aromatic carbocycles. The van der Waals surface area contributed by atoms with Gasteiger partial charge >= 0.3 is 0 Å². The maximum Gasteiger partial charge on any atom is 0.265 e. The molecule has 2 heterocycles. The molecular formula is C18H18N6O2S2. The normalized spacial score (nSPS) is 11.8. The van der Waals surface area contributed by atoms with Crippen LogP contribution in [0.3, 0.4) is 0 Å². The molecule has 2 aromatic heterocycles. The summed E-state index contributed by atoms with van der Waals surface area (Å²) in [4.78, 5) is 9.10. The lowest BCUT2D eigenvalue weighted by molar-refractivity contribution is 0.601. The number of anilines is 2. The van der Waals surface area contributed by atoms with Crippen molar-refractivity contribution < 1.29 is 8.42 Å². The molecule has 144 valence electrons. The van der Waals surface area contributed by atoms with Crippen molar-refractivity contribution in [1.82, 2.24) is 18.7 Å². The van der Waals surface area contributed by atoms with Crippen LogP contribution in [0.15, 0.2) is 47.4 Å². The second-order valence-corrected chi connectivity index (χ2v) is 8.36. The van der Waals surface area contributed by atoms with Gasteiger partial charge in [0, 0.05) is 6.54 Å². The molecule has 0 aliphatic heterocycles. The molecule has 4 rings (SSSR count). The van der Waals surface area contributed by atoms with Crippen molar-refractivity contribution in [3.63, 3.8) is 0 Å². The molecule has 0 unspecified atom stereocenters. The monoisotopic (exact) mass is 414 g/mol. The molecule has 2 N–H and O–H groups in total. The van der Waals surface area contributed by atoms with Gasteiger partial charge in [0.15, 0.2) is 11.6 Å². The minimum atomic E-state index is -3.92. The first-order valence-electron chi connectivity index (χ1n) is 8.83. The summed E-state index contributed by atoms with van der Waals surface area (Å²) in [7, 11) is -3.92. The number of fused-ring (bicyclic) bond motifs is 2. The number of hydrogen-bond donors (Lipinski definition) is 2. The zero-order valence-electron chi connectivity index (χ0n) is 15.1. The molecule has 28 heavy (non-hydrogen) atoms. The van der Waals surface area contributed by atoms with Crippen molar-refractivity contribution in [3.8, 4) is 0 Å². The lowest BCUT2D eigenvalue weighted by Crippen LogP contribution is -2.17. The van der Waals surface area contributed by atoms with Gasteiger partial charge in [-0.3, -0.25) is 4.72 Å². The summed E-state index contributed by atoms with van der Waals surface area (Å²) in [5.74, 6) is 0.564. The van der Waals surface area contributed by atoms with Crippen molar-refractivity contribution in [2.75, 3.05) is 16.6 Å². The van der Waals surface area contributed by atoms with E-state index in [2.05, 4.69) is 35.7 Å². The lowest BCUT2D eigenvalue weighted by Gasteiger charge is -2.13. The van der Waals surface area contributed by atoms with Gasteiger partial charge < -0.3 is 5.32 Å². The van der Waals surface area contributed by atoms with Gasteiger partial charge in [0.05, 0.1) is 22.8 Å². The summed E-state index contributed by atoms with van der Waals surface area (Å²) in [6.07, 6.45) is 1.94. The van der Waals surface area contributed by atoms with Crippen LogP contribution in [0.1, 0.15) is 19.8 Å². The molecule has 0 bridgehead atoms. The number of para-hydroxylation sites is 2. The first-order valence-corrected chi connectivity index (χ1v) is 11.0. The van der Waals surface area contributed by atoms with Crippen molar-refractivity contribution in [2.45, 2.75) is 24.7 Å². The van der Waals surface area contributed by atoms with Crippen molar-refractivity contribution in [3.05, 3.63) is 42.5 Å². The smallest absolute Gasteiger partial charge is 0.265 e. The summed E-state index contributed by atoms with van der Waals surface area (Å²) in [6.45, 7) is 2.75. The van der Waals surface area contributed by atoms with E-state index in [9.17, 15) is 8.42 Å². The van der Waals surface area contributed by atoms with Gasteiger partial charge in [-0.25, -0.2) is 18.4 Å². The third kappa shape index (κ3) is 3.60. The second kappa shape index (κ2) is 7.64. The van der Waals surface area contributed by atoms with Crippen LogP contribution in [0, 0.1) is 0 Å². The van der Waals surface area contributed by atoms with E-state index in [-0.39, 0.29) is 10.7 Å². The largest absolute Gasteiger partial charge is 0.367 e. The zero-order chi connectivity index (χ0) is 19.6. The summed E-state index contributed by atoms with van der Waals surface area (Å²) in [6, 6.07) is 12.2. The van der Waals surface area contributed by atoms with Crippen LogP contribution in [-0.2, 0) is 10.0 Å². The number of unbranched alkanes of at least 4 members (excludes halogenated alkanes) is 1. The Hall–Kier alpha value is -2.85. The number of rotatable bonds is 7. The van der Waals surface area contributed by atoms with E-state index < -0.39 is 10.0 Å². The molecule has 0 amide bonds. The first-order chi connectivity index (χ1) is 13.6. The fraction of sp³-hybridized carbons (Fsp3) is 0.222. The standard InChI is InChI=1S/C18H18N6O2S2/c1-2-3-11-19-17-18(21-13-8-5-4-7-12(13)20-17)24-28(25,26)15-10-6-9-14-16(15)23-27-22-14/h4-10H,2-3,11H2,1H3,(H,19,20)(H,21,24). The van der Waals surface area contributed by atoms with E-state index in [0.29, 0.717) is 34.4 Å². The van der Waals surface area contributed by atoms with Gasteiger partial charge in [-0.15, -0.1) is 0 Å². The molecule has 0 saturated heterocycles. The summed E-state index contributed by atoms with van der Waals surface area (Å²) >= 11 is 0.976. The molecule has 0 aliphatic carbocycles. The maximum absolute atomic E-state index is 13.1. The number of nitrogens with zero attached hydrogens (tertiary/aromatic N) is 4. The minimum absolute atomic E-state index is 0.0632. The fourth-order valence-corrected chi connectivity index (χ4v) is 4.54. The van der Waals surface area contributed by atoms with E-state index in [1.165, 1.54) is 6.07 Å². The zero-order valence-corrected chi connectivity index (χ0v) is 16.7. The van der Waals surface area contributed by atoms with E-state index in [1.54, 1.807) is 18.2 Å². The fourth-order valence-electron chi connectivity index (χ4n) is 2.76. The Kier molecular flexibility index (Phi) is 5.05. The van der Waals surface area contributed by atoms with Gasteiger partial charge in [-0.1, -0.05) is 31.5 Å². The highest BCUT2D eigenvalue weighted by atomic mass is 32.2. The predicted molar refractivity (Wildman–Crippen MR) is 111 cm³/mol. The highest BCUT2D eigenvalue weighted by Gasteiger charge is 2.22. The highest BCUT2D eigenvalue weighted by Crippen LogP contribution is 2.27. The quantitative estimate of drug-likeness (QED) is 0.444. The molecular weight excluding hydrogens is 396 g/mol. The molecule has 4 aromatic rings. The number of hydrogen-bond acceptors (Lipinski definition) is 8. The van der Waals surface area contributed by atoms with Crippen LogP contribution in [-0.4, -0.2) is 33.7 Å². The van der Waals surface area contributed by atoms with Gasteiger partial charge in [0.1, 0.15) is 15.9 Å². The molecule has 0 atom stereocenters. The third-order valence-electron chi connectivity index (χ3n) is 4.16. The Morgan fingerprint density at radius 1 is 0.929 bits per heavy atom. The van der Waals surface area contributed by atoms with Crippen molar-refractivity contribution in [2.24, 2.45) is 0 Å². The Morgan fingerprint density at radius 3 is 2.39 bits per heavy atom. The first kappa shape index (κ1) is 18.5. The molecule has 0 aliphatic rings. The molecule has 0 spiro atoms. The van der Waals surface area contributed by atoms with Crippen molar-refractivity contribution >= 4 is 55.5 Å².